The lowest BCUT2D eigenvalue weighted by Crippen LogP contribution is -2.54. The molecule has 0 radical (unpaired) electrons. The van der Waals surface area contributed by atoms with E-state index in [4.69, 9.17) is 0 Å². The van der Waals surface area contributed by atoms with Crippen molar-refractivity contribution in [1.82, 2.24) is 4.68 Å². The molecule has 7 heteroatoms. The van der Waals surface area contributed by atoms with Gasteiger partial charge in [-0.1, -0.05) is 44.2 Å². The second-order valence-corrected chi connectivity index (χ2v) is 9.59. The highest BCUT2D eigenvalue weighted by Gasteiger charge is 2.44. The first-order valence-corrected chi connectivity index (χ1v) is 11.0. The molecule has 0 spiro atoms. The van der Waals surface area contributed by atoms with Crippen LogP contribution in [0.25, 0.3) is 0 Å². The first-order chi connectivity index (χ1) is 14.8. The third kappa shape index (κ3) is 2.98. The number of pyridine rings is 1. The lowest BCUT2D eigenvalue weighted by Gasteiger charge is -2.45. The Kier molecular flexibility index (Phi) is 4.48. The number of rotatable bonds is 1. The minimum atomic E-state index is -0.884. The normalized spacial score (nSPS) is 19.3. The predicted molar refractivity (Wildman–Crippen MR) is 118 cm³/mol. The summed E-state index contributed by atoms with van der Waals surface area (Å²) in [6.45, 7) is 3.85. The number of aromatic nitrogens is 1. The lowest BCUT2D eigenvalue weighted by molar-refractivity contribution is 0.0786. The van der Waals surface area contributed by atoms with Gasteiger partial charge in [0.25, 0.3) is 0 Å². The van der Waals surface area contributed by atoms with Gasteiger partial charge in [-0.05, 0) is 23.3 Å². The first kappa shape index (κ1) is 19.9. The summed E-state index contributed by atoms with van der Waals surface area (Å²) in [5.41, 5.74) is 0.801. The molecule has 0 fully saturated rings. The second-order valence-electron chi connectivity index (χ2n) is 8.57. The number of hydrogen-bond acceptors (Lipinski definition) is 5. The number of aromatic hydroxyl groups is 1. The van der Waals surface area contributed by atoms with Crippen molar-refractivity contribution in [3.8, 4) is 5.75 Å². The molecule has 2 aliphatic rings. The number of carbonyl (C=O) groups is 1. The average Bonchev–Trinajstić information content (AvgIpc) is 2.91. The van der Waals surface area contributed by atoms with Gasteiger partial charge in [0, 0.05) is 40.4 Å². The minimum Gasteiger partial charge on any atom is -0.503 e. The molecule has 3 aromatic rings. The van der Waals surface area contributed by atoms with Gasteiger partial charge in [-0.3, -0.25) is 19.3 Å². The number of halogens is 1. The van der Waals surface area contributed by atoms with Crippen LogP contribution in [0.3, 0.4) is 0 Å². The molecule has 0 bridgehead atoms. The summed E-state index contributed by atoms with van der Waals surface area (Å²) in [6.07, 6.45) is 1.49. The summed E-state index contributed by atoms with van der Waals surface area (Å²) in [5.74, 6) is -0.584. The number of benzene rings is 2. The van der Waals surface area contributed by atoms with Gasteiger partial charge in [0.05, 0.1) is 6.04 Å². The molecule has 5 nitrogen and oxygen atoms in total. The fraction of sp³-hybridized carbons (Fsp3) is 0.250. The number of carbonyl (C=O) groups excluding carboxylic acids is 1. The van der Waals surface area contributed by atoms with Gasteiger partial charge < -0.3 is 5.11 Å². The summed E-state index contributed by atoms with van der Waals surface area (Å²) < 4.78 is 16.9. The van der Waals surface area contributed by atoms with Gasteiger partial charge in [0.2, 0.25) is 5.43 Å². The van der Waals surface area contributed by atoms with E-state index in [1.807, 2.05) is 35.3 Å². The number of ketones is 1. The molecule has 2 aromatic carbocycles. The van der Waals surface area contributed by atoms with Crippen molar-refractivity contribution < 1.29 is 14.3 Å². The van der Waals surface area contributed by atoms with E-state index in [1.54, 1.807) is 31.7 Å². The smallest absolute Gasteiger partial charge is 0.224 e. The Morgan fingerprint density at radius 3 is 2.68 bits per heavy atom. The molecule has 0 amide bonds. The summed E-state index contributed by atoms with van der Waals surface area (Å²) in [5, 5.41) is 12.4. The zero-order valence-corrected chi connectivity index (χ0v) is 17.9. The SMILES string of the molecule is CC1(C)CN(C2c3ccccc3SCc3cccc(F)c32)n2ccc(=O)c(O)c2C1=O. The van der Waals surface area contributed by atoms with Gasteiger partial charge in [-0.15, -0.1) is 11.8 Å². The van der Waals surface area contributed by atoms with Crippen LogP contribution in [0.15, 0.2) is 64.4 Å². The Bertz CT molecular complexity index is 1280. The van der Waals surface area contributed by atoms with E-state index in [9.17, 15) is 14.7 Å². The molecule has 0 saturated heterocycles. The van der Waals surface area contributed by atoms with Gasteiger partial charge >= 0.3 is 0 Å². The summed E-state index contributed by atoms with van der Waals surface area (Å²) >= 11 is 1.65. The van der Waals surface area contributed by atoms with Gasteiger partial charge in [-0.2, -0.15) is 0 Å². The largest absolute Gasteiger partial charge is 0.503 e. The monoisotopic (exact) mass is 436 g/mol. The van der Waals surface area contributed by atoms with Crippen molar-refractivity contribution in [2.45, 2.75) is 30.5 Å². The molecule has 5 rings (SSSR count). The molecule has 1 unspecified atom stereocenters. The number of Topliss-reactive ketones (excluding diaryl/α,β-unsaturated/α-hetero) is 1. The van der Waals surface area contributed by atoms with Crippen molar-refractivity contribution in [2.75, 3.05) is 11.6 Å². The molecule has 31 heavy (non-hydrogen) atoms. The van der Waals surface area contributed by atoms with Gasteiger partial charge in [0.15, 0.2) is 17.2 Å². The third-order valence-electron chi connectivity index (χ3n) is 6.03. The van der Waals surface area contributed by atoms with E-state index in [0.29, 0.717) is 17.9 Å². The van der Waals surface area contributed by atoms with Crippen molar-refractivity contribution >= 4 is 17.5 Å². The van der Waals surface area contributed by atoms with Crippen molar-refractivity contribution in [3.63, 3.8) is 0 Å². The number of hydrogen-bond donors (Lipinski definition) is 1. The van der Waals surface area contributed by atoms with Crippen LogP contribution in [0, 0.1) is 11.2 Å². The molecular formula is C24H21FN2O3S. The maximum atomic E-state index is 15.3. The van der Waals surface area contributed by atoms with Crippen LogP contribution in [-0.2, 0) is 5.75 Å². The zero-order chi connectivity index (χ0) is 21.9. The maximum Gasteiger partial charge on any atom is 0.224 e. The molecule has 0 saturated carbocycles. The van der Waals surface area contributed by atoms with E-state index in [1.165, 1.54) is 23.0 Å². The molecule has 3 heterocycles. The van der Waals surface area contributed by atoms with Crippen LogP contribution >= 0.6 is 11.8 Å². The Morgan fingerprint density at radius 1 is 1.10 bits per heavy atom. The minimum absolute atomic E-state index is 0.0592. The van der Waals surface area contributed by atoms with Crippen LogP contribution in [0.2, 0.25) is 0 Å². The van der Waals surface area contributed by atoms with Crippen LogP contribution in [-0.4, -0.2) is 22.1 Å². The highest BCUT2D eigenvalue weighted by molar-refractivity contribution is 7.98. The number of thioether (sulfide) groups is 1. The second kappa shape index (κ2) is 6.99. The highest BCUT2D eigenvalue weighted by Crippen LogP contribution is 2.45. The van der Waals surface area contributed by atoms with Crippen LogP contribution < -0.4 is 10.4 Å². The van der Waals surface area contributed by atoms with Gasteiger partial charge in [-0.25, -0.2) is 4.39 Å². The Hall–Kier alpha value is -3.06. The standard InChI is InChI=1S/C24H21FN2O3S/c1-24(2)13-27(26-11-10-17(28)22(29)21(26)23(24)30)20-15-7-3-4-9-18(15)31-12-14-6-5-8-16(25)19(14)20/h3-11,20,29H,12-13H2,1-2H3. The molecule has 158 valence electrons. The topological polar surface area (TPSA) is 62.5 Å². The Balaban J connectivity index is 1.84. The van der Waals surface area contributed by atoms with Crippen LogP contribution in [0.1, 0.15) is 47.1 Å². The molecule has 0 aliphatic carbocycles. The fourth-order valence-electron chi connectivity index (χ4n) is 4.50. The van der Waals surface area contributed by atoms with E-state index in [-0.39, 0.29) is 17.3 Å². The summed E-state index contributed by atoms with van der Waals surface area (Å²) in [4.78, 5) is 26.3. The number of fused-ring (bicyclic) bond motifs is 3. The van der Waals surface area contributed by atoms with Gasteiger partial charge in [0.1, 0.15) is 5.82 Å². The van der Waals surface area contributed by atoms with E-state index in [0.717, 1.165) is 16.0 Å². The van der Waals surface area contributed by atoms with Crippen LogP contribution in [0.4, 0.5) is 4.39 Å². The highest BCUT2D eigenvalue weighted by atomic mass is 32.2. The first-order valence-electron chi connectivity index (χ1n) is 10.0. The molecular weight excluding hydrogens is 415 g/mol. The number of nitrogens with zero attached hydrogens (tertiary/aromatic N) is 2. The van der Waals surface area contributed by atoms with E-state index in [2.05, 4.69) is 0 Å². The molecule has 1 atom stereocenters. The lowest BCUT2D eigenvalue weighted by atomic mass is 9.82. The van der Waals surface area contributed by atoms with E-state index < -0.39 is 22.6 Å². The maximum absolute atomic E-state index is 15.3. The average molecular weight is 437 g/mol. The molecule has 1 aromatic heterocycles. The van der Waals surface area contributed by atoms with Crippen LogP contribution in [0.5, 0.6) is 5.75 Å². The predicted octanol–water partition coefficient (Wildman–Crippen LogP) is 4.25. The molecule has 2 aliphatic heterocycles. The van der Waals surface area contributed by atoms with Crippen molar-refractivity contribution in [1.29, 1.82) is 0 Å². The summed E-state index contributed by atoms with van der Waals surface area (Å²) in [7, 11) is 0. The van der Waals surface area contributed by atoms with Crippen molar-refractivity contribution in [2.24, 2.45) is 5.41 Å². The summed E-state index contributed by atoms with van der Waals surface area (Å²) in [6, 6.07) is 13.6. The Morgan fingerprint density at radius 2 is 1.87 bits per heavy atom. The Labute approximate surface area is 183 Å². The molecule has 1 N–H and O–H groups in total. The third-order valence-corrected chi connectivity index (χ3v) is 7.17. The fourth-order valence-corrected chi connectivity index (χ4v) is 5.59. The van der Waals surface area contributed by atoms with E-state index >= 15 is 4.39 Å². The van der Waals surface area contributed by atoms with Crippen molar-refractivity contribution in [3.05, 3.63) is 93.2 Å². The zero-order valence-electron chi connectivity index (χ0n) is 17.1. The quantitative estimate of drug-likeness (QED) is 0.618.